The van der Waals surface area contributed by atoms with Gasteiger partial charge in [0, 0.05) is 35.9 Å². The van der Waals surface area contributed by atoms with Crippen LogP contribution >= 0.6 is 11.3 Å². The summed E-state index contributed by atoms with van der Waals surface area (Å²) in [4.78, 5) is 28.2. The van der Waals surface area contributed by atoms with Crippen LogP contribution in [0.4, 0.5) is 10.5 Å². The molecule has 0 radical (unpaired) electrons. The minimum Gasteiger partial charge on any atom is -0.348 e. The van der Waals surface area contributed by atoms with Crippen molar-refractivity contribution in [1.29, 1.82) is 0 Å². The second-order valence-corrected chi connectivity index (χ2v) is 8.16. The number of carbonyl (C=O) groups excluding carboxylic acids is 2. The Bertz CT molecular complexity index is 944. The Kier molecular flexibility index (Phi) is 5.95. The van der Waals surface area contributed by atoms with Crippen molar-refractivity contribution in [3.63, 3.8) is 0 Å². The molecule has 3 amide bonds. The monoisotopic (exact) mass is 408 g/mol. The Hall–Kier alpha value is -3.06. The molecule has 0 unspecified atom stereocenters. The molecular weight excluding hydrogens is 384 g/mol. The summed E-state index contributed by atoms with van der Waals surface area (Å²) in [6.45, 7) is 1.95. The zero-order chi connectivity index (χ0) is 20.1. The Morgan fingerprint density at radius 1 is 1.00 bits per heavy atom. The molecule has 2 N–H and O–H groups in total. The summed E-state index contributed by atoms with van der Waals surface area (Å²) in [5.41, 5.74) is 1.46. The fourth-order valence-corrected chi connectivity index (χ4v) is 4.24. The van der Waals surface area contributed by atoms with Crippen molar-refractivity contribution in [1.82, 2.24) is 14.8 Å². The first kappa shape index (κ1) is 19.3. The van der Waals surface area contributed by atoms with Crippen LogP contribution in [0.3, 0.4) is 0 Å². The van der Waals surface area contributed by atoms with E-state index < -0.39 is 0 Å². The number of anilines is 1. The topological polar surface area (TPSA) is 66.4 Å². The smallest absolute Gasteiger partial charge is 0.321 e. The van der Waals surface area contributed by atoms with E-state index in [1.54, 1.807) is 16.2 Å². The number of amides is 3. The van der Waals surface area contributed by atoms with Crippen molar-refractivity contribution in [2.75, 3.05) is 18.4 Å². The summed E-state index contributed by atoms with van der Waals surface area (Å²) in [5.74, 6) is -0.0567. The Balaban J connectivity index is 1.28. The molecule has 0 atom stereocenters. The lowest BCUT2D eigenvalue weighted by Crippen LogP contribution is -2.48. The van der Waals surface area contributed by atoms with Crippen LogP contribution in [0, 0.1) is 0 Å². The van der Waals surface area contributed by atoms with Crippen LogP contribution in [-0.2, 0) is 6.54 Å². The van der Waals surface area contributed by atoms with E-state index >= 15 is 0 Å². The molecule has 6 nitrogen and oxygen atoms in total. The highest BCUT2D eigenvalue weighted by Crippen LogP contribution is 2.16. The van der Waals surface area contributed by atoms with Gasteiger partial charge in [-0.1, -0.05) is 24.3 Å². The molecule has 0 saturated carbocycles. The molecule has 0 spiro atoms. The highest BCUT2D eigenvalue weighted by atomic mass is 32.1. The van der Waals surface area contributed by atoms with Gasteiger partial charge >= 0.3 is 6.03 Å². The molecule has 29 heavy (non-hydrogen) atoms. The van der Waals surface area contributed by atoms with Crippen molar-refractivity contribution in [2.24, 2.45) is 0 Å². The predicted octanol–water partition coefficient (Wildman–Crippen LogP) is 4.02. The highest BCUT2D eigenvalue weighted by molar-refractivity contribution is 7.09. The third-order valence-electron chi connectivity index (χ3n) is 5.11. The van der Waals surface area contributed by atoms with Gasteiger partial charge in [0.25, 0.3) is 5.91 Å². The number of hydrogen-bond acceptors (Lipinski definition) is 3. The maximum atomic E-state index is 12.8. The van der Waals surface area contributed by atoms with Gasteiger partial charge < -0.3 is 20.1 Å². The molecule has 3 heterocycles. The summed E-state index contributed by atoms with van der Waals surface area (Å²) < 4.78 is 1.98. The molecular formula is C22H24N4O2S. The quantitative estimate of drug-likeness (QED) is 0.670. The van der Waals surface area contributed by atoms with Crippen molar-refractivity contribution in [3.05, 3.63) is 76.7 Å². The number of aromatic nitrogens is 1. The number of thiophene rings is 1. The second kappa shape index (κ2) is 8.96. The van der Waals surface area contributed by atoms with Crippen LogP contribution < -0.4 is 10.6 Å². The van der Waals surface area contributed by atoms with Crippen molar-refractivity contribution >= 4 is 29.0 Å². The number of urea groups is 1. The number of hydrogen-bond donors (Lipinski definition) is 2. The summed E-state index contributed by atoms with van der Waals surface area (Å²) in [6, 6.07) is 17.3. The van der Waals surface area contributed by atoms with E-state index in [4.69, 9.17) is 0 Å². The number of benzene rings is 1. The first-order valence-corrected chi connectivity index (χ1v) is 10.7. The van der Waals surface area contributed by atoms with Gasteiger partial charge in [-0.25, -0.2) is 4.79 Å². The molecule has 0 aliphatic carbocycles. The third-order valence-corrected chi connectivity index (χ3v) is 5.97. The van der Waals surface area contributed by atoms with Gasteiger partial charge in [0.15, 0.2) is 0 Å². The maximum absolute atomic E-state index is 12.8. The predicted molar refractivity (Wildman–Crippen MR) is 115 cm³/mol. The molecule has 7 heteroatoms. The zero-order valence-corrected chi connectivity index (χ0v) is 16.9. The van der Waals surface area contributed by atoms with Crippen molar-refractivity contribution in [2.45, 2.75) is 25.4 Å². The lowest BCUT2D eigenvalue weighted by molar-refractivity contribution is 0.0910. The molecule has 4 rings (SSSR count). The molecule has 1 aromatic carbocycles. The normalized spacial score (nSPS) is 14.6. The van der Waals surface area contributed by atoms with E-state index in [1.165, 1.54) is 4.88 Å². The van der Waals surface area contributed by atoms with E-state index in [0.29, 0.717) is 25.3 Å². The minimum absolute atomic E-state index is 0.0567. The number of carbonyl (C=O) groups is 2. The van der Waals surface area contributed by atoms with E-state index in [2.05, 4.69) is 16.7 Å². The number of likely N-dealkylation sites (tertiary alicyclic amines) is 1. The fourth-order valence-electron chi connectivity index (χ4n) is 3.54. The number of para-hydroxylation sites is 1. The lowest BCUT2D eigenvalue weighted by Gasteiger charge is -2.32. The largest absolute Gasteiger partial charge is 0.348 e. The van der Waals surface area contributed by atoms with Gasteiger partial charge in [-0.05, 0) is 48.6 Å². The summed E-state index contributed by atoms with van der Waals surface area (Å²) in [7, 11) is 0. The van der Waals surface area contributed by atoms with Gasteiger partial charge in [-0.15, -0.1) is 11.3 Å². The summed E-state index contributed by atoms with van der Waals surface area (Å²) in [6.07, 6.45) is 3.43. The zero-order valence-electron chi connectivity index (χ0n) is 16.1. The van der Waals surface area contributed by atoms with Gasteiger partial charge in [0.05, 0.1) is 6.54 Å². The van der Waals surface area contributed by atoms with E-state index in [-0.39, 0.29) is 18.0 Å². The van der Waals surface area contributed by atoms with Crippen LogP contribution in [0.2, 0.25) is 0 Å². The average Bonchev–Trinajstić information content (AvgIpc) is 3.42. The highest BCUT2D eigenvalue weighted by Gasteiger charge is 2.25. The first-order valence-electron chi connectivity index (χ1n) is 9.78. The molecule has 1 aliphatic rings. The van der Waals surface area contributed by atoms with E-state index in [9.17, 15) is 9.59 Å². The lowest BCUT2D eigenvalue weighted by atomic mass is 10.1. The van der Waals surface area contributed by atoms with Crippen LogP contribution in [0.5, 0.6) is 0 Å². The van der Waals surface area contributed by atoms with Gasteiger partial charge in [-0.3, -0.25) is 4.79 Å². The minimum atomic E-state index is -0.0919. The van der Waals surface area contributed by atoms with Crippen LogP contribution in [0.25, 0.3) is 0 Å². The summed E-state index contributed by atoms with van der Waals surface area (Å²) >= 11 is 1.68. The maximum Gasteiger partial charge on any atom is 0.321 e. The SMILES string of the molecule is O=C(NC1CCN(C(=O)Nc2ccccc2)CC1)c1cccn1Cc1cccs1. The van der Waals surface area contributed by atoms with Gasteiger partial charge in [-0.2, -0.15) is 0 Å². The molecule has 0 bridgehead atoms. The average molecular weight is 409 g/mol. The van der Waals surface area contributed by atoms with Crippen LogP contribution in [0.15, 0.2) is 66.2 Å². The van der Waals surface area contributed by atoms with Gasteiger partial charge in [0.1, 0.15) is 5.69 Å². The Labute approximate surface area is 174 Å². The fraction of sp³-hybridized carbons (Fsp3) is 0.273. The van der Waals surface area contributed by atoms with Crippen molar-refractivity contribution < 1.29 is 9.59 Å². The molecule has 1 aliphatic heterocycles. The second-order valence-electron chi connectivity index (χ2n) is 7.13. The molecule has 1 fully saturated rings. The van der Waals surface area contributed by atoms with E-state index in [1.807, 2.05) is 64.7 Å². The van der Waals surface area contributed by atoms with Crippen LogP contribution in [0.1, 0.15) is 28.2 Å². The number of nitrogens with zero attached hydrogens (tertiary/aromatic N) is 2. The first-order chi connectivity index (χ1) is 14.2. The standard InChI is InChI=1S/C22H24N4O2S/c27-21(20-9-4-12-26(20)16-19-8-5-15-29-19)23-18-10-13-25(14-11-18)22(28)24-17-6-2-1-3-7-17/h1-9,12,15,18H,10-11,13-14,16H2,(H,23,27)(H,24,28). The van der Waals surface area contributed by atoms with Crippen molar-refractivity contribution in [3.8, 4) is 0 Å². The number of piperidine rings is 1. The molecule has 2 aromatic heterocycles. The van der Waals surface area contributed by atoms with E-state index in [0.717, 1.165) is 18.5 Å². The summed E-state index contributed by atoms with van der Waals surface area (Å²) in [5, 5.41) is 8.09. The Morgan fingerprint density at radius 2 is 1.79 bits per heavy atom. The molecule has 3 aromatic rings. The molecule has 150 valence electrons. The van der Waals surface area contributed by atoms with Gasteiger partial charge in [0.2, 0.25) is 0 Å². The third kappa shape index (κ3) is 4.86. The Morgan fingerprint density at radius 3 is 2.52 bits per heavy atom. The number of nitrogens with one attached hydrogen (secondary N) is 2. The van der Waals surface area contributed by atoms with Crippen LogP contribution in [-0.4, -0.2) is 40.5 Å². The number of rotatable bonds is 5. The molecule has 1 saturated heterocycles.